The van der Waals surface area contributed by atoms with Crippen LogP contribution >= 0.6 is 0 Å². The second kappa shape index (κ2) is 7.85. The van der Waals surface area contributed by atoms with Crippen molar-refractivity contribution in [2.24, 2.45) is 5.92 Å². The lowest BCUT2D eigenvalue weighted by Gasteiger charge is -2.32. The first-order valence-electron chi connectivity index (χ1n) is 9.06. The van der Waals surface area contributed by atoms with Crippen LogP contribution in [0.5, 0.6) is 0 Å². The SMILES string of the molecule is CCOC(=O)N1CCC(NC(=O)C(c2ccc(F)cc2)C2CC2)CC1. The summed E-state index contributed by atoms with van der Waals surface area (Å²) in [5.41, 5.74) is 0.880. The lowest BCUT2D eigenvalue weighted by Crippen LogP contribution is -2.47. The van der Waals surface area contributed by atoms with Crippen molar-refractivity contribution in [2.75, 3.05) is 19.7 Å². The van der Waals surface area contributed by atoms with Gasteiger partial charge in [-0.1, -0.05) is 12.1 Å². The Morgan fingerprint density at radius 1 is 1.20 bits per heavy atom. The van der Waals surface area contributed by atoms with Crippen LogP contribution in [0.1, 0.15) is 44.1 Å². The summed E-state index contributed by atoms with van der Waals surface area (Å²) in [6.07, 6.45) is 3.25. The van der Waals surface area contributed by atoms with E-state index in [-0.39, 0.29) is 29.8 Å². The molecule has 1 saturated carbocycles. The molecule has 1 aliphatic carbocycles. The normalized spacial score (nSPS) is 19.4. The highest BCUT2D eigenvalue weighted by atomic mass is 19.1. The number of nitrogens with zero attached hydrogens (tertiary/aromatic N) is 1. The molecule has 1 heterocycles. The van der Waals surface area contributed by atoms with Gasteiger partial charge >= 0.3 is 6.09 Å². The Balaban J connectivity index is 1.56. The van der Waals surface area contributed by atoms with Crippen LogP contribution in [0.25, 0.3) is 0 Å². The second-order valence-electron chi connectivity index (χ2n) is 6.84. The van der Waals surface area contributed by atoms with Crippen molar-refractivity contribution in [2.45, 2.75) is 44.6 Å². The van der Waals surface area contributed by atoms with Gasteiger partial charge in [0, 0.05) is 19.1 Å². The number of carbonyl (C=O) groups is 2. The number of rotatable bonds is 5. The van der Waals surface area contributed by atoms with Crippen LogP contribution in [-0.2, 0) is 9.53 Å². The van der Waals surface area contributed by atoms with E-state index >= 15 is 0 Å². The molecule has 2 fully saturated rings. The fraction of sp³-hybridized carbons (Fsp3) is 0.579. The fourth-order valence-corrected chi connectivity index (χ4v) is 3.45. The number of hydrogen-bond acceptors (Lipinski definition) is 3. The van der Waals surface area contributed by atoms with Crippen LogP contribution in [0.4, 0.5) is 9.18 Å². The van der Waals surface area contributed by atoms with Crippen molar-refractivity contribution >= 4 is 12.0 Å². The summed E-state index contributed by atoms with van der Waals surface area (Å²) in [6, 6.07) is 6.31. The molecule has 0 radical (unpaired) electrons. The summed E-state index contributed by atoms with van der Waals surface area (Å²) >= 11 is 0. The summed E-state index contributed by atoms with van der Waals surface area (Å²) in [4.78, 5) is 26.2. The molecule has 1 N–H and O–H groups in total. The van der Waals surface area contributed by atoms with Crippen LogP contribution < -0.4 is 5.32 Å². The molecule has 6 heteroatoms. The van der Waals surface area contributed by atoms with E-state index < -0.39 is 0 Å². The predicted octanol–water partition coefficient (Wildman–Crippen LogP) is 3.06. The van der Waals surface area contributed by atoms with E-state index in [1.165, 1.54) is 12.1 Å². The zero-order valence-corrected chi connectivity index (χ0v) is 14.5. The van der Waals surface area contributed by atoms with Gasteiger partial charge in [-0.2, -0.15) is 0 Å². The Morgan fingerprint density at radius 3 is 2.40 bits per heavy atom. The molecule has 1 unspecified atom stereocenters. The molecular formula is C19H25FN2O3. The van der Waals surface area contributed by atoms with Gasteiger partial charge in [-0.25, -0.2) is 9.18 Å². The molecule has 3 rings (SSSR count). The molecule has 1 aromatic carbocycles. The van der Waals surface area contributed by atoms with E-state index in [1.807, 2.05) is 0 Å². The van der Waals surface area contributed by atoms with Gasteiger partial charge in [-0.05, 0) is 56.2 Å². The maximum absolute atomic E-state index is 13.2. The molecular weight excluding hydrogens is 323 g/mol. The number of amides is 2. The monoisotopic (exact) mass is 348 g/mol. The topological polar surface area (TPSA) is 58.6 Å². The molecule has 0 aromatic heterocycles. The molecule has 5 nitrogen and oxygen atoms in total. The van der Waals surface area contributed by atoms with E-state index in [9.17, 15) is 14.0 Å². The van der Waals surface area contributed by atoms with E-state index in [0.717, 1.165) is 31.2 Å². The standard InChI is InChI=1S/C19H25FN2O3/c1-2-25-19(24)22-11-9-16(10-12-22)21-18(23)17(13-3-4-13)14-5-7-15(20)8-6-14/h5-8,13,16-17H,2-4,9-12H2,1H3,(H,21,23). The van der Waals surface area contributed by atoms with Crippen LogP contribution in [-0.4, -0.2) is 42.6 Å². The summed E-state index contributed by atoms with van der Waals surface area (Å²) in [5, 5.41) is 3.13. The summed E-state index contributed by atoms with van der Waals surface area (Å²) in [6.45, 7) is 3.34. The minimum Gasteiger partial charge on any atom is -0.450 e. The number of hydrogen-bond donors (Lipinski definition) is 1. The fourth-order valence-electron chi connectivity index (χ4n) is 3.45. The highest BCUT2D eigenvalue weighted by molar-refractivity contribution is 5.84. The number of piperidine rings is 1. The molecule has 136 valence electrons. The van der Waals surface area contributed by atoms with Crippen molar-refractivity contribution in [3.8, 4) is 0 Å². The molecule has 2 aliphatic rings. The average Bonchev–Trinajstić information content (AvgIpc) is 3.42. The lowest BCUT2D eigenvalue weighted by molar-refractivity contribution is -0.124. The van der Waals surface area contributed by atoms with E-state index in [0.29, 0.717) is 25.6 Å². The van der Waals surface area contributed by atoms with Crippen LogP contribution in [0.2, 0.25) is 0 Å². The quantitative estimate of drug-likeness (QED) is 0.890. The van der Waals surface area contributed by atoms with E-state index in [1.54, 1.807) is 24.0 Å². The zero-order chi connectivity index (χ0) is 17.8. The van der Waals surface area contributed by atoms with Gasteiger partial charge < -0.3 is 15.0 Å². The number of benzene rings is 1. The first-order valence-corrected chi connectivity index (χ1v) is 9.06. The summed E-state index contributed by atoms with van der Waals surface area (Å²) in [5.74, 6) is -0.123. The van der Waals surface area contributed by atoms with Gasteiger partial charge in [0.25, 0.3) is 0 Å². The van der Waals surface area contributed by atoms with Crippen LogP contribution in [0.3, 0.4) is 0 Å². The average molecular weight is 348 g/mol. The van der Waals surface area contributed by atoms with Crippen molar-refractivity contribution in [1.82, 2.24) is 10.2 Å². The number of halogens is 1. The first kappa shape index (κ1) is 17.7. The maximum atomic E-state index is 13.2. The Kier molecular flexibility index (Phi) is 5.56. The van der Waals surface area contributed by atoms with Gasteiger partial charge in [0.15, 0.2) is 0 Å². The minimum atomic E-state index is -0.287. The summed E-state index contributed by atoms with van der Waals surface area (Å²) in [7, 11) is 0. The van der Waals surface area contributed by atoms with Gasteiger partial charge in [-0.15, -0.1) is 0 Å². The summed E-state index contributed by atoms with van der Waals surface area (Å²) < 4.78 is 18.2. The molecule has 1 aliphatic heterocycles. The molecule has 2 amide bonds. The highest BCUT2D eigenvalue weighted by Gasteiger charge is 2.38. The van der Waals surface area contributed by atoms with Crippen molar-refractivity contribution in [3.05, 3.63) is 35.6 Å². The zero-order valence-electron chi connectivity index (χ0n) is 14.5. The number of nitrogens with one attached hydrogen (secondary N) is 1. The third-order valence-electron chi connectivity index (χ3n) is 4.97. The Hall–Kier alpha value is -2.11. The maximum Gasteiger partial charge on any atom is 0.409 e. The van der Waals surface area contributed by atoms with Gasteiger partial charge in [0.2, 0.25) is 5.91 Å². The van der Waals surface area contributed by atoms with Crippen molar-refractivity contribution in [1.29, 1.82) is 0 Å². The highest BCUT2D eigenvalue weighted by Crippen LogP contribution is 2.43. The molecule has 25 heavy (non-hydrogen) atoms. The van der Waals surface area contributed by atoms with Crippen molar-refractivity contribution < 1.29 is 18.7 Å². The number of likely N-dealkylation sites (tertiary alicyclic amines) is 1. The first-order chi connectivity index (χ1) is 12.1. The third-order valence-corrected chi connectivity index (χ3v) is 4.97. The second-order valence-corrected chi connectivity index (χ2v) is 6.84. The molecule has 0 spiro atoms. The predicted molar refractivity (Wildman–Crippen MR) is 91.6 cm³/mol. The molecule has 0 bridgehead atoms. The molecule has 1 saturated heterocycles. The number of ether oxygens (including phenoxy) is 1. The van der Waals surface area contributed by atoms with E-state index in [4.69, 9.17) is 4.74 Å². The van der Waals surface area contributed by atoms with Crippen LogP contribution in [0.15, 0.2) is 24.3 Å². The van der Waals surface area contributed by atoms with Gasteiger partial charge in [0.1, 0.15) is 5.82 Å². The van der Waals surface area contributed by atoms with Gasteiger partial charge in [0.05, 0.1) is 12.5 Å². The molecule has 1 atom stereocenters. The lowest BCUT2D eigenvalue weighted by atomic mass is 9.92. The Morgan fingerprint density at radius 2 is 1.84 bits per heavy atom. The molecule has 1 aromatic rings. The smallest absolute Gasteiger partial charge is 0.409 e. The van der Waals surface area contributed by atoms with Crippen molar-refractivity contribution in [3.63, 3.8) is 0 Å². The number of carbonyl (C=O) groups excluding carboxylic acids is 2. The Labute approximate surface area is 147 Å². The largest absolute Gasteiger partial charge is 0.450 e. The third kappa shape index (κ3) is 4.50. The minimum absolute atomic E-state index is 0.0173. The van der Waals surface area contributed by atoms with E-state index in [2.05, 4.69) is 5.32 Å². The Bertz CT molecular complexity index is 608. The van der Waals surface area contributed by atoms with Crippen LogP contribution in [0, 0.1) is 11.7 Å². The van der Waals surface area contributed by atoms with Gasteiger partial charge in [-0.3, -0.25) is 4.79 Å².